The summed E-state index contributed by atoms with van der Waals surface area (Å²) in [4.78, 5) is 24.7. The number of amides is 1. The van der Waals surface area contributed by atoms with Gasteiger partial charge >= 0.3 is 0 Å². The lowest BCUT2D eigenvalue weighted by Gasteiger charge is -2.15. The van der Waals surface area contributed by atoms with Gasteiger partial charge in [-0.1, -0.05) is 63.2 Å². The molecular formula is C29H33N5O2. The third-order valence-electron chi connectivity index (χ3n) is 5.67. The first kappa shape index (κ1) is 25.1. The average Bonchev–Trinajstić information content (AvgIpc) is 3.35. The Bertz CT molecular complexity index is 1320. The molecule has 1 amide bonds. The van der Waals surface area contributed by atoms with Crippen LogP contribution in [0, 0.1) is 0 Å². The summed E-state index contributed by atoms with van der Waals surface area (Å²) in [5, 5.41) is 6.43. The van der Waals surface area contributed by atoms with Crippen molar-refractivity contribution in [1.82, 2.24) is 14.9 Å². The lowest BCUT2D eigenvalue weighted by Crippen LogP contribution is -2.21. The fourth-order valence-corrected chi connectivity index (χ4v) is 3.64. The van der Waals surface area contributed by atoms with Gasteiger partial charge < -0.3 is 20.0 Å². The molecule has 7 heteroatoms. The van der Waals surface area contributed by atoms with Crippen molar-refractivity contribution in [1.29, 1.82) is 0 Å². The van der Waals surface area contributed by atoms with E-state index in [1.807, 2.05) is 74.8 Å². The Morgan fingerprint density at radius 2 is 1.72 bits per heavy atom. The molecule has 36 heavy (non-hydrogen) atoms. The fourth-order valence-electron chi connectivity index (χ4n) is 3.64. The van der Waals surface area contributed by atoms with Crippen LogP contribution in [-0.4, -0.2) is 48.0 Å². The van der Waals surface area contributed by atoms with Crippen molar-refractivity contribution >= 4 is 17.3 Å². The number of hydrogen-bond acceptors (Lipinski definition) is 6. The van der Waals surface area contributed by atoms with Crippen LogP contribution in [0.2, 0.25) is 0 Å². The Balaban J connectivity index is 1.64. The van der Waals surface area contributed by atoms with Gasteiger partial charge in [0.05, 0.1) is 23.1 Å². The van der Waals surface area contributed by atoms with Crippen molar-refractivity contribution in [2.24, 2.45) is 0 Å². The molecule has 0 saturated heterocycles. The number of carbonyl (C=O) groups excluding carboxylic acids is 1. The highest BCUT2D eigenvalue weighted by molar-refractivity contribution is 6.05. The van der Waals surface area contributed by atoms with Crippen LogP contribution in [0.4, 0.5) is 11.4 Å². The zero-order chi connectivity index (χ0) is 25.7. The quantitative estimate of drug-likeness (QED) is 0.323. The zero-order valence-corrected chi connectivity index (χ0v) is 21.5. The summed E-state index contributed by atoms with van der Waals surface area (Å²) in [6.45, 7) is 7.82. The van der Waals surface area contributed by atoms with Crippen LogP contribution < -0.4 is 10.6 Å². The maximum Gasteiger partial charge on any atom is 0.274 e. The molecule has 0 atom stereocenters. The normalized spacial score (nSPS) is 11.5. The molecule has 0 unspecified atom stereocenters. The number of carbonyl (C=O) groups is 1. The molecule has 2 aromatic carbocycles. The number of para-hydroxylation sites is 1. The molecular weight excluding hydrogens is 450 g/mol. The van der Waals surface area contributed by atoms with Gasteiger partial charge in [0.25, 0.3) is 5.91 Å². The Kier molecular flexibility index (Phi) is 7.50. The number of benzene rings is 2. The topological polar surface area (TPSA) is 83.3 Å². The third kappa shape index (κ3) is 6.17. The summed E-state index contributed by atoms with van der Waals surface area (Å²) in [5.41, 5.74) is 3.99. The summed E-state index contributed by atoms with van der Waals surface area (Å²) < 4.78 is 6.03. The van der Waals surface area contributed by atoms with E-state index in [9.17, 15) is 4.79 Å². The summed E-state index contributed by atoms with van der Waals surface area (Å²) in [5.74, 6) is 0.940. The maximum absolute atomic E-state index is 13.4. The summed E-state index contributed by atoms with van der Waals surface area (Å²) in [7, 11) is 4.05. The van der Waals surface area contributed by atoms with E-state index in [2.05, 4.69) is 46.3 Å². The van der Waals surface area contributed by atoms with Crippen LogP contribution in [-0.2, 0) is 5.41 Å². The SMILES string of the molecule is CN(C)CCNc1cc(C(=O)Nc2ccccc2-c2ncc(C(C)(C)C)o2)nc(-c2ccccc2)c1. The van der Waals surface area contributed by atoms with E-state index < -0.39 is 0 Å². The minimum atomic E-state index is -0.307. The Hall–Kier alpha value is -3.97. The minimum Gasteiger partial charge on any atom is -0.441 e. The predicted octanol–water partition coefficient (Wildman–Crippen LogP) is 5.93. The number of hydrogen-bond donors (Lipinski definition) is 2. The number of rotatable bonds is 8. The van der Waals surface area contributed by atoms with Gasteiger partial charge in [-0.2, -0.15) is 0 Å². The van der Waals surface area contributed by atoms with E-state index in [-0.39, 0.29) is 11.3 Å². The van der Waals surface area contributed by atoms with E-state index in [1.165, 1.54) is 0 Å². The molecule has 0 radical (unpaired) electrons. The van der Waals surface area contributed by atoms with Gasteiger partial charge in [-0.3, -0.25) is 4.79 Å². The smallest absolute Gasteiger partial charge is 0.274 e. The van der Waals surface area contributed by atoms with Gasteiger partial charge in [-0.15, -0.1) is 0 Å². The number of nitrogens with zero attached hydrogens (tertiary/aromatic N) is 3. The highest BCUT2D eigenvalue weighted by Crippen LogP contribution is 2.32. The Morgan fingerprint density at radius 1 is 1.00 bits per heavy atom. The van der Waals surface area contributed by atoms with Gasteiger partial charge in [0, 0.05) is 29.8 Å². The second-order valence-electron chi connectivity index (χ2n) is 10.0. The first-order valence-corrected chi connectivity index (χ1v) is 12.0. The first-order valence-electron chi connectivity index (χ1n) is 12.0. The molecule has 4 rings (SSSR count). The van der Waals surface area contributed by atoms with Crippen molar-refractivity contribution in [2.45, 2.75) is 26.2 Å². The van der Waals surface area contributed by atoms with Crippen LogP contribution in [0.5, 0.6) is 0 Å². The molecule has 0 bridgehead atoms. The molecule has 0 aliphatic rings. The number of pyridine rings is 1. The Morgan fingerprint density at radius 3 is 2.42 bits per heavy atom. The van der Waals surface area contributed by atoms with Crippen molar-refractivity contribution in [2.75, 3.05) is 37.8 Å². The van der Waals surface area contributed by atoms with Crippen molar-refractivity contribution in [3.63, 3.8) is 0 Å². The third-order valence-corrected chi connectivity index (χ3v) is 5.67. The first-order chi connectivity index (χ1) is 17.2. The number of anilines is 2. The predicted molar refractivity (Wildman–Crippen MR) is 145 cm³/mol. The second-order valence-corrected chi connectivity index (χ2v) is 10.0. The number of aromatic nitrogens is 2. The lowest BCUT2D eigenvalue weighted by molar-refractivity contribution is 0.102. The van der Waals surface area contributed by atoms with Crippen LogP contribution in [0.3, 0.4) is 0 Å². The number of likely N-dealkylation sites (N-methyl/N-ethyl adjacent to an activating group) is 1. The molecule has 0 fully saturated rings. The molecule has 0 saturated carbocycles. The molecule has 2 heterocycles. The highest BCUT2D eigenvalue weighted by atomic mass is 16.4. The lowest BCUT2D eigenvalue weighted by atomic mass is 9.94. The van der Waals surface area contributed by atoms with E-state index >= 15 is 0 Å². The molecule has 2 N–H and O–H groups in total. The van der Waals surface area contributed by atoms with Crippen molar-refractivity contribution in [3.05, 3.63) is 84.4 Å². The molecule has 0 aliphatic heterocycles. The summed E-state index contributed by atoms with van der Waals surface area (Å²) >= 11 is 0. The maximum atomic E-state index is 13.4. The van der Waals surface area contributed by atoms with Crippen molar-refractivity contribution < 1.29 is 9.21 Å². The second kappa shape index (κ2) is 10.7. The fraction of sp³-hybridized carbons (Fsp3) is 0.276. The highest BCUT2D eigenvalue weighted by Gasteiger charge is 2.21. The molecule has 0 aliphatic carbocycles. The molecule has 4 aromatic rings. The van der Waals surface area contributed by atoms with Gasteiger partial charge in [-0.25, -0.2) is 9.97 Å². The van der Waals surface area contributed by atoms with Crippen molar-refractivity contribution in [3.8, 4) is 22.7 Å². The summed E-state index contributed by atoms with van der Waals surface area (Å²) in [6.07, 6.45) is 1.74. The van der Waals surface area contributed by atoms with Crippen LogP contribution in [0.25, 0.3) is 22.7 Å². The number of nitrogens with one attached hydrogen (secondary N) is 2. The minimum absolute atomic E-state index is 0.165. The van der Waals surface area contributed by atoms with Gasteiger partial charge in [0.2, 0.25) is 5.89 Å². The van der Waals surface area contributed by atoms with E-state index in [0.29, 0.717) is 22.8 Å². The van der Waals surface area contributed by atoms with Crippen LogP contribution >= 0.6 is 0 Å². The largest absolute Gasteiger partial charge is 0.441 e. The Labute approximate surface area is 212 Å². The molecule has 7 nitrogen and oxygen atoms in total. The van der Waals surface area contributed by atoms with Gasteiger partial charge in [-0.05, 0) is 38.4 Å². The number of oxazole rings is 1. The average molecular weight is 484 g/mol. The molecule has 2 aromatic heterocycles. The zero-order valence-electron chi connectivity index (χ0n) is 21.5. The monoisotopic (exact) mass is 483 g/mol. The van der Waals surface area contributed by atoms with Gasteiger partial charge in [0.1, 0.15) is 11.5 Å². The summed E-state index contributed by atoms with van der Waals surface area (Å²) in [6, 6.07) is 21.1. The van der Waals surface area contributed by atoms with E-state index in [1.54, 1.807) is 12.3 Å². The van der Waals surface area contributed by atoms with Gasteiger partial charge in [0.15, 0.2) is 0 Å². The van der Waals surface area contributed by atoms with E-state index in [4.69, 9.17) is 4.42 Å². The molecule has 186 valence electrons. The van der Waals surface area contributed by atoms with E-state index in [0.717, 1.165) is 35.8 Å². The van der Waals surface area contributed by atoms with Crippen LogP contribution in [0.1, 0.15) is 37.0 Å². The van der Waals surface area contributed by atoms with Crippen LogP contribution in [0.15, 0.2) is 77.3 Å². The standard InChI is InChI=1S/C29H33N5O2/c1-29(2,3)26-19-31-28(36-26)22-13-9-10-14-23(22)33-27(35)25-18-21(30-15-16-34(4)5)17-24(32-25)20-11-7-6-8-12-20/h6-14,17-19H,15-16H2,1-5H3,(H,30,32)(H,33,35). The molecule has 0 spiro atoms.